The van der Waals surface area contributed by atoms with Gasteiger partial charge in [0.1, 0.15) is 6.61 Å². The van der Waals surface area contributed by atoms with Gasteiger partial charge in [-0.15, -0.1) is 0 Å². The number of fused-ring (bicyclic) bond motifs is 3. The highest BCUT2D eigenvalue weighted by Crippen LogP contribution is 2.52. The Morgan fingerprint density at radius 3 is 2.38 bits per heavy atom. The van der Waals surface area contributed by atoms with Crippen molar-refractivity contribution in [2.24, 2.45) is 0 Å². The summed E-state index contributed by atoms with van der Waals surface area (Å²) in [4.78, 5) is 11.6. The summed E-state index contributed by atoms with van der Waals surface area (Å²) in [6.45, 7) is 10.1. The van der Waals surface area contributed by atoms with Crippen LogP contribution in [0, 0.1) is 0 Å². The molecule has 1 aliphatic rings. The fourth-order valence-electron chi connectivity index (χ4n) is 3.88. The summed E-state index contributed by atoms with van der Waals surface area (Å²) < 4.78 is 5.32. The van der Waals surface area contributed by atoms with Gasteiger partial charge in [0.15, 0.2) is 0 Å². The summed E-state index contributed by atoms with van der Waals surface area (Å²) in [5.41, 5.74) is 6.94. The molecule has 0 N–H and O–H groups in total. The second-order valence-electron chi connectivity index (χ2n) is 6.57. The van der Waals surface area contributed by atoms with E-state index in [-0.39, 0.29) is 11.4 Å². The van der Waals surface area contributed by atoms with Crippen LogP contribution in [0.25, 0.3) is 11.1 Å². The van der Waals surface area contributed by atoms with Crippen LogP contribution in [0.5, 0.6) is 0 Å². The standard InChI is InChI=1S/C22H24O2/c1-5-22(6-2)19-10-8-7-9-17(19)18-12-11-16(13-20(18)22)14-24-21(23)15(3)4/h7-13H,3,5-6,14H2,1-2,4H3. The SMILES string of the molecule is C=C(C)C(=O)OCc1ccc2c(c1)C(CC)(CC)c1ccccc1-2. The van der Waals surface area contributed by atoms with Crippen molar-refractivity contribution in [3.8, 4) is 11.1 Å². The number of hydrogen-bond donors (Lipinski definition) is 0. The first kappa shape index (κ1) is 16.5. The average Bonchev–Trinajstić information content (AvgIpc) is 2.89. The van der Waals surface area contributed by atoms with Gasteiger partial charge in [-0.05, 0) is 47.6 Å². The summed E-state index contributed by atoms with van der Waals surface area (Å²) in [6, 6.07) is 15.1. The number of hydrogen-bond acceptors (Lipinski definition) is 2. The van der Waals surface area contributed by atoms with Gasteiger partial charge < -0.3 is 4.74 Å². The molecular formula is C22H24O2. The maximum atomic E-state index is 11.6. The molecule has 2 heteroatoms. The van der Waals surface area contributed by atoms with E-state index in [9.17, 15) is 4.79 Å². The fourth-order valence-corrected chi connectivity index (χ4v) is 3.88. The third-order valence-electron chi connectivity index (χ3n) is 5.26. The summed E-state index contributed by atoms with van der Waals surface area (Å²) >= 11 is 0. The van der Waals surface area contributed by atoms with Crippen LogP contribution in [0.1, 0.15) is 50.3 Å². The fraction of sp³-hybridized carbons (Fsp3) is 0.318. The first-order valence-electron chi connectivity index (χ1n) is 8.59. The average molecular weight is 320 g/mol. The van der Waals surface area contributed by atoms with E-state index >= 15 is 0 Å². The molecule has 0 heterocycles. The first-order chi connectivity index (χ1) is 11.5. The van der Waals surface area contributed by atoms with Gasteiger partial charge in [-0.25, -0.2) is 4.79 Å². The van der Waals surface area contributed by atoms with Gasteiger partial charge in [0.2, 0.25) is 0 Å². The summed E-state index contributed by atoms with van der Waals surface area (Å²) in [5.74, 6) is -0.337. The maximum Gasteiger partial charge on any atom is 0.333 e. The maximum absolute atomic E-state index is 11.6. The lowest BCUT2D eigenvalue weighted by Crippen LogP contribution is -2.23. The van der Waals surface area contributed by atoms with Crippen LogP contribution < -0.4 is 0 Å². The Morgan fingerprint density at radius 1 is 1.04 bits per heavy atom. The van der Waals surface area contributed by atoms with Gasteiger partial charge in [-0.2, -0.15) is 0 Å². The number of benzene rings is 2. The predicted octanol–water partition coefficient (Wildman–Crippen LogP) is 5.39. The Bertz CT molecular complexity index is 797. The second-order valence-corrected chi connectivity index (χ2v) is 6.57. The molecular weight excluding hydrogens is 296 g/mol. The monoisotopic (exact) mass is 320 g/mol. The number of carbonyl (C=O) groups excluding carboxylic acids is 1. The third kappa shape index (κ3) is 2.47. The van der Waals surface area contributed by atoms with Gasteiger partial charge in [0.25, 0.3) is 0 Å². The molecule has 24 heavy (non-hydrogen) atoms. The Labute approximate surface area is 144 Å². The normalized spacial score (nSPS) is 14.0. The zero-order chi connectivity index (χ0) is 17.3. The van der Waals surface area contributed by atoms with Crippen LogP contribution in [0.2, 0.25) is 0 Å². The largest absolute Gasteiger partial charge is 0.457 e. The molecule has 2 nitrogen and oxygen atoms in total. The minimum Gasteiger partial charge on any atom is -0.457 e. The van der Waals surface area contributed by atoms with Gasteiger partial charge >= 0.3 is 5.97 Å². The van der Waals surface area contributed by atoms with E-state index in [1.165, 1.54) is 22.3 Å². The molecule has 0 spiro atoms. The zero-order valence-electron chi connectivity index (χ0n) is 14.7. The van der Waals surface area contributed by atoms with Crippen molar-refractivity contribution < 1.29 is 9.53 Å². The predicted molar refractivity (Wildman–Crippen MR) is 97.9 cm³/mol. The van der Waals surface area contributed by atoms with E-state index < -0.39 is 0 Å². The minimum absolute atomic E-state index is 0.0559. The van der Waals surface area contributed by atoms with Crippen molar-refractivity contribution in [2.75, 3.05) is 0 Å². The minimum atomic E-state index is -0.337. The summed E-state index contributed by atoms with van der Waals surface area (Å²) in [5, 5.41) is 0. The molecule has 0 unspecified atom stereocenters. The zero-order valence-corrected chi connectivity index (χ0v) is 14.7. The highest BCUT2D eigenvalue weighted by molar-refractivity contribution is 5.87. The number of carbonyl (C=O) groups is 1. The van der Waals surface area contributed by atoms with E-state index in [0.717, 1.165) is 18.4 Å². The van der Waals surface area contributed by atoms with Crippen LogP contribution in [-0.4, -0.2) is 5.97 Å². The van der Waals surface area contributed by atoms with Crippen molar-refractivity contribution in [1.29, 1.82) is 0 Å². The van der Waals surface area contributed by atoms with Crippen LogP contribution in [0.4, 0.5) is 0 Å². The van der Waals surface area contributed by atoms with Crippen LogP contribution >= 0.6 is 0 Å². The lowest BCUT2D eigenvalue weighted by molar-refractivity contribution is -0.140. The molecule has 0 amide bonds. The molecule has 0 aromatic heterocycles. The third-order valence-corrected chi connectivity index (χ3v) is 5.26. The molecule has 0 aliphatic heterocycles. The molecule has 2 aromatic rings. The second kappa shape index (κ2) is 6.27. The first-order valence-corrected chi connectivity index (χ1v) is 8.59. The van der Waals surface area contributed by atoms with Gasteiger partial charge in [0, 0.05) is 11.0 Å². The molecule has 2 aromatic carbocycles. The van der Waals surface area contributed by atoms with E-state index in [1.54, 1.807) is 6.92 Å². The number of ether oxygens (including phenoxy) is 1. The van der Waals surface area contributed by atoms with Crippen molar-refractivity contribution >= 4 is 5.97 Å². The quantitative estimate of drug-likeness (QED) is 0.545. The smallest absolute Gasteiger partial charge is 0.333 e. The molecule has 0 atom stereocenters. The van der Waals surface area contributed by atoms with Gasteiger partial charge in [-0.1, -0.05) is 62.9 Å². The molecule has 0 saturated heterocycles. The number of rotatable bonds is 5. The van der Waals surface area contributed by atoms with Crippen LogP contribution in [0.3, 0.4) is 0 Å². The molecule has 3 rings (SSSR count). The lowest BCUT2D eigenvalue weighted by atomic mass is 9.73. The topological polar surface area (TPSA) is 26.3 Å². The Balaban J connectivity index is 2.02. The van der Waals surface area contributed by atoms with Crippen molar-refractivity contribution in [1.82, 2.24) is 0 Å². The van der Waals surface area contributed by atoms with E-state index in [4.69, 9.17) is 4.74 Å². The van der Waals surface area contributed by atoms with Crippen molar-refractivity contribution in [3.05, 3.63) is 71.3 Å². The molecule has 0 radical (unpaired) electrons. The highest BCUT2D eigenvalue weighted by Gasteiger charge is 2.40. The summed E-state index contributed by atoms with van der Waals surface area (Å²) in [7, 11) is 0. The van der Waals surface area contributed by atoms with E-state index in [2.05, 4.69) is 62.9 Å². The molecule has 0 saturated carbocycles. The molecule has 0 bridgehead atoms. The Kier molecular flexibility index (Phi) is 4.31. The van der Waals surface area contributed by atoms with Gasteiger partial charge in [-0.3, -0.25) is 0 Å². The van der Waals surface area contributed by atoms with Gasteiger partial charge in [0.05, 0.1) is 0 Å². The Morgan fingerprint density at radius 2 is 1.71 bits per heavy atom. The summed E-state index contributed by atoms with van der Waals surface area (Å²) in [6.07, 6.45) is 2.12. The van der Waals surface area contributed by atoms with Crippen LogP contribution in [-0.2, 0) is 21.6 Å². The molecule has 124 valence electrons. The molecule has 0 fully saturated rings. The lowest BCUT2D eigenvalue weighted by Gasteiger charge is -2.29. The Hall–Kier alpha value is -2.35. The highest BCUT2D eigenvalue weighted by atomic mass is 16.5. The van der Waals surface area contributed by atoms with E-state index in [0.29, 0.717) is 12.2 Å². The number of esters is 1. The van der Waals surface area contributed by atoms with Crippen molar-refractivity contribution in [2.45, 2.75) is 45.6 Å². The van der Waals surface area contributed by atoms with Crippen LogP contribution in [0.15, 0.2) is 54.6 Å². The van der Waals surface area contributed by atoms with Crippen molar-refractivity contribution in [3.63, 3.8) is 0 Å². The molecule has 1 aliphatic carbocycles. The van der Waals surface area contributed by atoms with E-state index in [1.807, 2.05) is 0 Å².